The van der Waals surface area contributed by atoms with Gasteiger partial charge in [0, 0.05) is 11.2 Å². The maximum Gasteiger partial charge on any atom is 0.0435 e. The van der Waals surface area contributed by atoms with E-state index in [1.165, 1.54) is 6.21 Å². The standard InChI is InChI=1S/C8H8ClN/c1-6-4-7(5-10)2-3-8(6)9/h2-5,10H,1H3. The molecule has 1 rings (SSSR count). The highest BCUT2D eigenvalue weighted by Gasteiger charge is 1.93. The number of halogens is 1. The molecule has 0 bridgehead atoms. The lowest BCUT2D eigenvalue weighted by molar-refractivity contribution is 1.45. The molecule has 0 unspecified atom stereocenters. The Bertz CT molecular complexity index is 255. The van der Waals surface area contributed by atoms with E-state index in [0.29, 0.717) is 0 Å². The first-order valence-electron chi connectivity index (χ1n) is 3.00. The third kappa shape index (κ3) is 1.36. The fourth-order valence-electron chi connectivity index (χ4n) is 0.758. The van der Waals surface area contributed by atoms with Crippen molar-refractivity contribution in [3.8, 4) is 0 Å². The fraction of sp³-hybridized carbons (Fsp3) is 0.125. The maximum atomic E-state index is 6.94. The van der Waals surface area contributed by atoms with Crippen molar-refractivity contribution >= 4 is 17.8 Å². The van der Waals surface area contributed by atoms with E-state index in [-0.39, 0.29) is 0 Å². The van der Waals surface area contributed by atoms with Gasteiger partial charge < -0.3 is 5.41 Å². The van der Waals surface area contributed by atoms with Crippen LogP contribution in [0.2, 0.25) is 5.02 Å². The first-order chi connectivity index (χ1) is 4.74. The third-order valence-corrected chi connectivity index (χ3v) is 1.77. The minimum Gasteiger partial charge on any atom is -0.308 e. The molecule has 0 saturated carbocycles. The van der Waals surface area contributed by atoms with Gasteiger partial charge in [-0.1, -0.05) is 17.7 Å². The summed E-state index contributed by atoms with van der Waals surface area (Å²) in [6, 6.07) is 5.51. The SMILES string of the molecule is Cc1cc(C=N)ccc1Cl. The van der Waals surface area contributed by atoms with Crippen LogP contribution in [0.3, 0.4) is 0 Å². The Morgan fingerprint density at radius 1 is 1.50 bits per heavy atom. The van der Waals surface area contributed by atoms with Crippen LogP contribution in [0.4, 0.5) is 0 Å². The predicted octanol–water partition coefficient (Wildman–Crippen LogP) is 2.65. The summed E-state index contributed by atoms with van der Waals surface area (Å²) < 4.78 is 0. The summed E-state index contributed by atoms with van der Waals surface area (Å²) >= 11 is 5.76. The van der Waals surface area contributed by atoms with Crippen LogP contribution in [0.15, 0.2) is 18.2 Å². The van der Waals surface area contributed by atoms with Gasteiger partial charge in [-0.05, 0) is 30.2 Å². The van der Waals surface area contributed by atoms with Gasteiger partial charge in [0.2, 0.25) is 0 Å². The molecule has 0 heterocycles. The summed E-state index contributed by atoms with van der Waals surface area (Å²) in [6.07, 6.45) is 1.31. The molecule has 52 valence electrons. The Morgan fingerprint density at radius 2 is 2.20 bits per heavy atom. The van der Waals surface area contributed by atoms with Crippen molar-refractivity contribution in [2.45, 2.75) is 6.92 Å². The number of hydrogen-bond acceptors (Lipinski definition) is 1. The number of hydrogen-bond donors (Lipinski definition) is 1. The van der Waals surface area contributed by atoms with Crippen molar-refractivity contribution in [3.63, 3.8) is 0 Å². The lowest BCUT2D eigenvalue weighted by Crippen LogP contribution is -1.81. The van der Waals surface area contributed by atoms with Gasteiger partial charge in [0.1, 0.15) is 0 Å². The van der Waals surface area contributed by atoms with E-state index in [9.17, 15) is 0 Å². The molecule has 1 nitrogen and oxygen atoms in total. The summed E-state index contributed by atoms with van der Waals surface area (Å²) in [5, 5.41) is 7.70. The van der Waals surface area contributed by atoms with Crippen molar-refractivity contribution in [1.29, 1.82) is 5.41 Å². The molecule has 0 aliphatic heterocycles. The molecule has 0 atom stereocenters. The average Bonchev–Trinajstić information content (AvgIpc) is 1.95. The summed E-state index contributed by atoms with van der Waals surface area (Å²) in [5.74, 6) is 0. The Hall–Kier alpha value is -0.820. The van der Waals surface area contributed by atoms with E-state index in [0.717, 1.165) is 16.1 Å². The van der Waals surface area contributed by atoms with E-state index < -0.39 is 0 Å². The van der Waals surface area contributed by atoms with Gasteiger partial charge in [0.25, 0.3) is 0 Å². The van der Waals surface area contributed by atoms with E-state index >= 15 is 0 Å². The first kappa shape index (κ1) is 7.29. The van der Waals surface area contributed by atoms with Gasteiger partial charge in [0.15, 0.2) is 0 Å². The fourth-order valence-corrected chi connectivity index (χ4v) is 0.875. The van der Waals surface area contributed by atoms with E-state index in [1.807, 2.05) is 19.1 Å². The van der Waals surface area contributed by atoms with Crippen LogP contribution in [-0.2, 0) is 0 Å². The molecule has 0 aromatic heterocycles. The molecular formula is C8H8ClN. The van der Waals surface area contributed by atoms with Crippen molar-refractivity contribution in [3.05, 3.63) is 34.3 Å². The topological polar surface area (TPSA) is 23.9 Å². The number of benzene rings is 1. The van der Waals surface area contributed by atoms with Gasteiger partial charge in [-0.25, -0.2) is 0 Å². The van der Waals surface area contributed by atoms with Crippen molar-refractivity contribution in [2.75, 3.05) is 0 Å². The molecule has 0 fully saturated rings. The second-order valence-electron chi connectivity index (χ2n) is 2.15. The van der Waals surface area contributed by atoms with E-state index in [2.05, 4.69) is 0 Å². The molecule has 1 aromatic carbocycles. The van der Waals surface area contributed by atoms with Crippen LogP contribution in [0.1, 0.15) is 11.1 Å². The second-order valence-corrected chi connectivity index (χ2v) is 2.56. The quantitative estimate of drug-likeness (QED) is 0.600. The zero-order valence-corrected chi connectivity index (χ0v) is 6.44. The second kappa shape index (κ2) is 2.84. The summed E-state index contributed by atoms with van der Waals surface area (Å²) in [4.78, 5) is 0. The zero-order chi connectivity index (χ0) is 7.56. The van der Waals surface area contributed by atoms with E-state index in [4.69, 9.17) is 17.0 Å². The van der Waals surface area contributed by atoms with Crippen LogP contribution in [0, 0.1) is 12.3 Å². The molecule has 0 amide bonds. The number of aryl methyl sites for hydroxylation is 1. The van der Waals surface area contributed by atoms with Crippen molar-refractivity contribution < 1.29 is 0 Å². The molecule has 1 aromatic rings. The Morgan fingerprint density at radius 3 is 2.70 bits per heavy atom. The number of rotatable bonds is 1. The van der Waals surface area contributed by atoms with Crippen LogP contribution in [0.5, 0.6) is 0 Å². The van der Waals surface area contributed by atoms with Gasteiger partial charge in [-0.15, -0.1) is 0 Å². The zero-order valence-electron chi connectivity index (χ0n) is 5.69. The van der Waals surface area contributed by atoms with Crippen molar-refractivity contribution in [1.82, 2.24) is 0 Å². The van der Waals surface area contributed by atoms with Crippen LogP contribution < -0.4 is 0 Å². The summed E-state index contributed by atoms with van der Waals surface area (Å²) in [6.45, 7) is 1.93. The summed E-state index contributed by atoms with van der Waals surface area (Å²) in [5.41, 5.74) is 1.91. The lowest BCUT2D eigenvalue weighted by Gasteiger charge is -1.96. The summed E-state index contributed by atoms with van der Waals surface area (Å²) in [7, 11) is 0. The minimum atomic E-state index is 0.755. The predicted molar refractivity (Wildman–Crippen MR) is 44.1 cm³/mol. The highest BCUT2D eigenvalue weighted by Crippen LogP contribution is 2.14. The molecule has 2 heteroatoms. The number of nitrogens with one attached hydrogen (secondary N) is 1. The van der Waals surface area contributed by atoms with Crippen molar-refractivity contribution in [2.24, 2.45) is 0 Å². The monoisotopic (exact) mass is 153 g/mol. The third-order valence-electron chi connectivity index (χ3n) is 1.35. The van der Waals surface area contributed by atoms with Gasteiger partial charge in [-0.3, -0.25) is 0 Å². The van der Waals surface area contributed by atoms with E-state index in [1.54, 1.807) is 6.07 Å². The van der Waals surface area contributed by atoms with Gasteiger partial charge >= 0.3 is 0 Å². The minimum absolute atomic E-state index is 0.755. The maximum absolute atomic E-state index is 6.94. The molecule has 0 saturated heterocycles. The van der Waals surface area contributed by atoms with Gasteiger partial charge in [-0.2, -0.15) is 0 Å². The molecule has 0 aliphatic rings. The smallest absolute Gasteiger partial charge is 0.0435 e. The molecule has 0 spiro atoms. The Kier molecular flexibility index (Phi) is 2.07. The van der Waals surface area contributed by atoms with Crippen LogP contribution in [0.25, 0.3) is 0 Å². The highest BCUT2D eigenvalue weighted by atomic mass is 35.5. The largest absolute Gasteiger partial charge is 0.308 e. The molecule has 1 N–H and O–H groups in total. The highest BCUT2D eigenvalue weighted by molar-refractivity contribution is 6.31. The normalized spacial score (nSPS) is 9.40. The molecule has 10 heavy (non-hydrogen) atoms. The Balaban J connectivity index is 3.16. The van der Waals surface area contributed by atoms with Gasteiger partial charge in [0.05, 0.1) is 0 Å². The van der Waals surface area contributed by atoms with Crippen LogP contribution >= 0.6 is 11.6 Å². The lowest BCUT2D eigenvalue weighted by atomic mass is 10.1. The first-order valence-corrected chi connectivity index (χ1v) is 3.38. The molecular weight excluding hydrogens is 146 g/mol. The Labute approximate surface area is 65.1 Å². The molecule has 0 radical (unpaired) electrons. The molecule has 0 aliphatic carbocycles. The van der Waals surface area contributed by atoms with Crippen LogP contribution in [-0.4, -0.2) is 6.21 Å². The average molecular weight is 154 g/mol.